The minimum atomic E-state index is -4.07. The van der Waals surface area contributed by atoms with E-state index in [2.05, 4.69) is 12.2 Å². The summed E-state index contributed by atoms with van der Waals surface area (Å²) in [5.74, 6) is 0.388. The van der Waals surface area contributed by atoms with Crippen molar-refractivity contribution in [3.05, 3.63) is 0 Å². The number of hydrogen-bond acceptors (Lipinski definition) is 1. The van der Waals surface area contributed by atoms with Crippen LogP contribution >= 0.6 is 0 Å². The van der Waals surface area contributed by atoms with E-state index in [-0.39, 0.29) is 18.9 Å². The van der Waals surface area contributed by atoms with Gasteiger partial charge in [-0.1, -0.05) is 19.8 Å². The van der Waals surface area contributed by atoms with Crippen LogP contribution in [0.4, 0.5) is 13.2 Å². The van der Waals surface area contributed by atoms with Gasteiger partial charge in [0.1, 0.15) is 5.54 Å². The van der Waals surface area contributed by atoms with Gasteiger partial charge in [-0.25, -0.2) is 0 Å². The van der Waals surface area contributed by atoms with Crippen molar-refractivity contribution in [1.82, 2.24) is 5.32 Å². The first kappa shape index (κ1) is 11.2. The molecule has 2 atom stereocenters. The van der Waals surface area contributed by atoms with Crippen LogP contribution in [0.3, 0.4) is 0 Å². The Kier molecular flexibility index (Phi) is 2.73. The molecule has 2 unspecified atom stereocenters. The molecule has 2 saturated carbocycles. The van der Waals surface area contributed by atoms with Gasteiger partial charge in [0, 0.05) is 6.04 Å². The fourth-order valence-corrected chi connectivity index (χ4v) is 2.52. The highest BCUT2D eigenvalue weighted by molar-refractivity contribution is 5.09. The van der Waals surface area contributed by atoms with Crippen LogP contribution in [0.5, 0.6) is 0 Å². The third-order valence-electron chi connectivity index (χ3n) is 3.87. The zero-order chi connectivity index (χ0) is 11.1. The number of rotatable bonds is 2. The summed E-state index contributed by atoms with van der Waals surface area (Å²) in [6.45, 7) is 2.06. The molecule has 2 fully saturated rings. The maximum Gasteiger partial charge on any atom is 0.406 e. The zero-order valence-electron chi connectivity index (χ0n) is 9.03. The molecule has 0 amide bonds. The molecule has 0 aliphatic heterocycles. The highest BCUT2D eigenvalue weighted by atomic mass is 19.4. The number of nitrogens with one attached hydrogen (secondary N) is 1. The van der Waals surface area contributed by atoms with Crippen molar-refractivity contribution in [3.8, 4) is 0 Å². The summed E-state index contributed by atoms with van der Waals surface area (Å²) in [4.78, 5) is 0. The average molecular weight is 221 g/mol. The van der Waals surface area contributed by atoms with Crippen molar-refractivity contribution in [1.29, 1.82) is 0 Å². The lowest BCUT2D eigenvalue weighted by molar-refractivity contribution is -0.169. The van der Waals surface area contributed by atoms with Crippen molar-refractivity contribution in [3.63, 3.8) is 0 Å². The third-order valence-corrected chi connectivity index (χ3v) is 3.87. The number of alkyl halides is 3. The molecule has 88 valence electrons. The molecule has 1 N–H and O–H groups in total. The van der Waals surface area contributed by atoms with E-state index < -0.39 is 11.7 Å². The number of hydrogen-bond donors (Lipinski definition) is 1. The van der Waals surface area contributed by atoms with Gasteiger partial charge in [-0.3, -0.25) is 0 Å². The molecule has 15 heavy (non-hydrogen) atoms. The molecule has 2 aliphatic rings. The average Bonchev–Trinajstić information content (AvgIpc) is 2.89. The molecule has 2 aliphatic carbocycles. The largest absolute Gasteiger partial charge is 0.406 e. The summed E-state index contributed by atoms with van der Waals surface area (Å²) in [6.07, 6.45) is 0.655. The Labute approximate surface area is 88.4 Å². The van der Waals surface area contributed by atoms with Crippen LogP contribution < -0.4 is 5.32 Å². The standard InChI is InChI=1S/C11H18F3N/c1-8-4-2-3-5-9(8)15-10(6-7-10)11(12,13)14/h8-9,15H,2-7H2,1H3. The molecule has 0 aromatic carbocycles. The van der Waals surface area contributed by atoms with Crippen molar-refractivity contribution in [2.24, 2.45) is 5.92 Å². The van der Waals surface area contributed by atoms with Crippen molar-refractivity contribution in [2.75, 3.05) is 0 Å². The normalized spacial score (nSPS) is 35.2. The topological polar surface area (TPSA) is 12.0 Å². The van der Waals surface area contributed by atoms with Gasteiger partial charge in [0.2, 0.25) is 0 Å². The summed E-state index contributed by atoms with van der Waals surface area (Å²) >= 11 is 0. The molecule has 0 radical (unpaired) electrons. The predicted octanol–water partition coefficient (Wildman–Crippen LogP) is 3.25. The molecule has 0 aromatic heterocycles. The second-order valence-corrected chi connectivity index (χ2v) is 5.09. The summed E-state index contributed by atoms with van der Waals surface area (Å²) in [7, 11) is 0. The molecule has 0 saturated heterocycles. The zero-order valence-corrected chi connectivity index (χ0v) is 9.03. The molecule has 4 heteroatoms. The van der Waals surface area contributed by atoms with Gasteiger partial charge in [0.25, 0.3) is 0 Å². The first-order valence-corrected chi connectivity index (χ1v) is 5.79. The Bertz CT molecular complexity index is 232. The summed E-state index contributed by atoms with van der Waals surface area (Å²) in [5.41, 5.74) is -1.52. The van der Waals surface area contributed by atoms with Gasteiger partial charge in [-0.2, -0.15) is 13.2 Å². The van der Waals surface area contributed by atoms with E-state index in [1.165, 1.54) is 6.42 Å². The fraction of sp³-hybridized carbons (Fsp3) is 1.00. The van der Waals surface area contributed by atoms with Gasteiger partial charge in [-0.05, 0) is 31.6 Å². The highest BCUT2D eigenvalue weighted by Crippen LogP contribution is 2.50. The Morgan fingerprint density at radius 3 is 2.20 bits per heavy atom. The lowest BCUT2D eigenvalue weighted by atomic mass is 9.85. The van der Waals surface area contributed by atoms with Gasteiger partial charge < -0.3 is 5.32 Å². The van der Waals surface area contributed by atoms with E-state index in [0.717, 1.165) is 19.3 Å². The smallest absolute Gasteiger partial charge is 0.301 e. The van der Waals surface area contributed by atoms with E-state index in [1.807, 2.05) is 0 Å². The highest BCUT2D eigenvalue weighted by Gasteiger charge is 2.63. The summed E-state index contributed by atoms with van der Waals surface area (Å²) < 4.78 is 38.1. The molecule has 0 heterocycles. The summed E-state index contributed by atoms with van der Waals surface area (Å²) in [6, 6.07) is 0.0721. The first-order valence-electron chi connectivity index (χ1n) is 5.79. The van der Waals surface area contributed by atoms with Gasteiger partial charge in [0.05, 0.1) is 0 Å². The molecular formula is C11H18F3N. The molecule has 0 bridgehead atoms. The lowest BCUT2D eigenvalue weighted by Gasteiger charge is -2.34. The Morgan fingerprint density at radius 1 is 1.13 bits per heavy atom. The van der Waals surface area contributed by atoms with E-state index in [4.69, 9.17) is 0 Å². The fourth-order valence-electron chi connectivity index (χ4n) is 2.52. The van der Waals surface area contributed by atoms with Crippen LogP contribution in [0.25, 0.3) is 0 Å². The van der Waals surface area contributed by atoms with Crippen LogP contribution in [-0.2, 0) is 0 Å². The predicted molar refractivity (Wildman–Crippen MR) is 52.6 cm³/mol. The molecule has 2 rings (SSSR count). The summed E-state index contributed by atoms with van der Waals surface area (Å²) in [5, 5.41) is 2.87. The quantitative estimate of drug-likeness (QED) is 0.754. The Balaban J connectivity index is 1.96. The monoisotopic (exact) mass is 221 g/mol. The lowest BCUT2D eigenvalue weighted by Crippen LogP contribution is -2.52. The van der Waals surface area contributed by atoms with Crippen LogP contribution in [0.1, 0.15) is 45.4 Å². The second kappa shape index (κ2) is 3.65. The maximum absolute atomic E-state index is 12.7. The van der Waals surface area contributed by atoms with Crippen LogP contribution in [0.2, 0.25) is 0 Å². The van der Waals surface area contributed by atoms with E-state index >= 15 is 0 Å². The minimum Gasteiger partial charge on any atom is -0.301 e. The van der Waals surface area contributed by atoms with Crippen molar-refractivity contribution in [2.45, 2.75) is 63.2 Å². The Morgan fingerprint density at radius 2 is 1.73 bits per heavy atom. The maximum atomic E-state index is 12.7. The van der Waals surface area contributed by atoms with E-state index in [1.54, 1.807) is 0 Å². The molecule has 1 nitrogen and oxygen atoms in total. The molecule has 0 aromatic rings. The molecular weight excluding hydrogens is 203 g/mol. The van der Waals surface area contributed by atoms with Crippen molar-refractivity contribution >= 4 is 0 Å². The van der Waals surface area contributed by atoms with Gasteiger partial charge in [-0.15, -0.1) is 0 Å². The minimum absolute atomic E-state index is 0.0721. The van der Waals surface area contributed by atoms with Gasteiger partial charge >= 0.3 is 6.18 Å². The Hall–Kier alpha value is -0.250. The van der Waals surface area contributed by atoms with E-state index in [0.29, 0.717) is 5.92 Å². The van der Waals surface area contributed by atoms with Crippen molar-refractivity contribution < 1.29 is 13.2 Å². The van der Waals surface area contributed by atoms with Crippen LogP contribution in [0.15, 0.2) is 0 Å². The second-order valence-electron chi connectivity index (χ2n) is 5.09. The third kappa shape index (κ3) is 2.14. The van der Waals surface area contributed by atoms with E-state index in [9.17, 15) is 13.2 Å². The van der Waals surface area contributed by atoms with Gasteiger partial charge in [0.15, 0.2) is 0 Å². The SMILES string of the molecule is CC1CCCCC1NC1(C(F)(F)F)CC1. The van der Waals surface area contributed by atoms with Crippen LogP contribution in [0, 0.1) is 5.92 Å². The first-order chi connectivity index (χ1) is 6.95. The van der Waals surface area contributed by atoms with Crippen LogP contribution in [-0.4, -0.2) is 17.8 Å². The number of halogens is 3. The molecule has 0 spiro atoms.